The van der Waals surface area contributed by atoms with E-state index < -0.39 is 18.1 Å². The van der Waals surface area contributed by atoms with Crippen LogP contribution in [0.15, 0.2) is 48.5 Å². The van der Waals surface area contributed by atoms with Crippen molar-refractivity contribution in [2.45, 2.75) is 64.0 Å². The lowest BCUT2D eigenvalue weighted by Crippen LogP contribution is -2.47. The van der Waals surface area contributed by atoms with Gasteiger partial charge in [-0.1, -0.05) is 75.2 Å². The van der Waals surface area contributed by atoms with Gasteiger partial charge in [0.25, 0.3) is 0 Å². The summed E-state index contributed by atoms with van der Waals surface area (Å²) in [5.74, 6) is -1.60. The molecule has 0 spiro atoms. The van der Waals surface area contributed by atoms with Gasteiger partial charge < -0.3 is 20.5 Å². The van der Waals surface area contributed by atoms with Crippen molar-refractivity contribution in [2.75, 3.05) is 6.61 Å². The van der Waals surface area contributed by atoms with Crippen LogP contribution in [0.25, 0.3) is 11.1 Å². The number of amides is 2. The van der Waals surface area contributed by atoms with E-state index in [4.69, 9.17) is 4.74 Å². The SMILES string of the molecule is CC(C)[C@@H](NC(=O)C[C@H]1CCCC[C@H]1NC(=O)OCC1c2ccccc2-c2ccccc21)C(=O)O. The largest absolute Gasteiger partial charge is 0.480 e. The molecule has 3 atom stereocenters. The molecular formula is C28H34N2O5. The summed E-state index contributed by atoms with van der Waals surface area (Å²) in [6.07, 6.45) is 3.24. The second-order valence-corrected chi connectivity index (χ2v) is 9.95. The van der Waals surface area contributed by atoms with Crippen molar-refractivity contribution < 1.29 is 24.2 Å². The predicted molar refractivity (Wildman–Crippen MR) is 133 cm³/mol. The Morgan fingerprint density at radius 2 is 1.57 bits per heavy atom. The third kappa shape index (κ3) is 5.66. The molecule has 0 aromatic heterocycles. The van der Waals surface area contributed by atoms with Gasteiger partial charge in [0.2, 0.25) is 5.91 Å². The van der Waals surface area contributed by atoms with Crippen molar-refractivity contribution in [1.82, 2.24) is 10.6 Å². The van der Waals surface area contributed by atoms with Gasteiger partial charge in [-0.3, -0.25) is 4.79 Å². The normalized spacial score (nSPS) is 20.0. The van der Waals surface area contributed by atoms with Crippen LogP contribution >= 0.6 is 0 Å². The zero-order valence-electron chi connectivity index (χ0n) is 20.3. The number of carbonyl (C=O) groups excluding carboxylic acids is 2. The van der Waals surface area contributed by atoms with Gasteiger partial charge in [0.15, 0.2) is 0 Å². The quantitative estimate of drug-likeness (QED) is 0.510. The molecule has 1 fully saturated rings. The highest BCUT2D eigenvalue weighted by Gasteiger charge is 2.32. The Morgan fingerprint density at radius 3 is 2.17 bits per heavy atom. The topological polar surface area (TPSA) is 105 Å². The lowest BCUT2D eigenvalue weighted by atomic mass is 9.82. The predicted octanol–water partition coefficient (Wildman–Crippen LogP) is 4.70. The Labute approximate surface area is 206 Å². The minimum Gasteiger partial charge on any atom is -0.480 e. The molecule has 0 saturated heterocycles. The third-order valence-electron chi connectivity index (χ3n) is 7.25. The Kier molecular flexibility index (Phi) is 7.73. The summed E-state index contributed by atoms with van der Waals surface area (Å²) >= 11 is 0. The number of alkyl carbamates (subject to hydrolysis) is 1. The number of benzene rings is 2. The summed E-state index contributed by atoms with van der Waals surface area (Å²) in [5, 5.41) is 15.0. The average Bonchev–Trinajstić information content (AvgIpc) is 3.16. The summed E-state index contributed by atoms with van der Waals surface area (Å²) < 4.78 is 5.69. The number of ether oxygens (including phenoxy) is 1. The van der Waals surface area contributed by atoms with E-state index >= 15 is 0 Å². The van der Waals surface area contributed by atoms with Crippen molar-refractivity contribution in [3.63, 3.8) is 0 Å². The maximum Gasteiger partial charge on any atom is 0.407 e. The van der Waals surface area contributed by atoms with Crippen molar-refractivity contribution in [3.8, 4) is 11.1 Å². The van der Waals surface area contributed by atoms with E-state index in [1.165, 1.54) is 11.1 Å². The molecular weight excluding hydrogens is 444 g/mol. The fourth-order valence-corrected chi connectivity index (χ4v) is 5.42. The van der Waals surface area contributed by atoms with Gasteiger partial charge in [-0.15, -0.1) is 0 Å². The van der Waals surface area contributed by atoms with Gasteiger partial charge in [0, 0.05) is 18.4 Å². The highest BCUT2D eigenvalue weighted by molar-refractivity contribution is 5.84. The number of carboxylic acid groups (broad SMARTS) is 1. The van der Waals surface area contributed by atoms with Crippen molar-refractivity contribution in [3.05, 3.63) is 59.7 Å². The van der Waals surface area contributed by atoms with E-state index in [9.17, 15) is 19.5 Å². The minimum atomic E-state index is -1.04. The molecule has 2 aliphatic rings. The Balaban J connectivity index is 1.35. The van der Waals surface area contributed by atoms with Crippen LogP contribution in [0.2, 0.25) is 0 Å². The van der Waals surface area contributed by atoms with Gasteiger partial charge in [-0.05, 0) is 46.9 Å². The van der Waals surface area contributed by atoms with Crippen molar-refractivity contribution in [1.29, 1.82) is 0 Å². The summed E-state index contributed by atoms with van der Waals surface area (Å²) in [4.78, 5) is 36.8. The van der Waals surface area contributed by atoms with Crippen LogP contribution in [0.1, 0.15) is 63.0 Å². The van der Waals surface area contributed by atoms with Crippen LogP contribution in [0.3, 0.4) is 0 Å². The number of hydrogen-bond donors (Lipinski definition) is 3. The van der Waals surface area contributed by atoms with Gasteiger partial charge >= 0.3 is 12.1 Å². The molecule has 0 bridgehead atoms. The summed E-state index contributed by atoms with van der Waals surface area (Å²) in [6, 6.07) is 15.3. The van der Waals surface area contributed by atoms with Crippen LogP contribution in [-0.4, -0.2) is 41.8 Å². The molecule has 0 radical (unpaired) electrons. The monoisotopic (exact) mass is 478 g/mol. The number of carboxylic acids is 1. The molecule has 2 aliphatic carbocycles. The number of hydrogen-bond acceptors (Lipinski definition) is 4. The lowest BCUT2D eigenvalue weighted by Gasteiger charge is -2.32. The Hall–Kier alpha value is -3.35. The number of aliphatic carboxylic acids is 1. The smallest absolute Gasteiger partial charge is 0.407 e. The molecule has 2 aromatic carbocycles. The molecule has 4 rings (SSSR count). The summed E-state index contributed by atoms with van der Waals surface area (Å²) in [6.45, 7) is 3.77. The molecule has 2 amide bonds. The van der Waals surface area contributed by atoms with E-state index in [2.05, 4.69) is 34.9 Å². The zero-order valence-corrected chi connectivity index (χ0v) is 20.3. The fourth-order valence-electron chi connectivity index (χ4n) is 5.42. The number of nitrogens with one attached hydrogen (secondary N) is 2. The van der Waals surface area contributed by atoms with Gasteiger partial charge in [0.05, 0.1) is 0 Å². The van der Waals surface area contributed by atoms with Crippen LogP contribution in [0, 0.1) is 11.8 Å². The molecule has 0 heterocycles. The highest BCUT2D eigenvalue weighted by Crippen LogP contribution is 2.44. The lowest BCUT2D eigenvalue weighted by molar-refractivity contribution is -0.143. The molecule has 186 valence electrons. The van der Waals surface area contributed by atoms with Crippen LogP contribution in [0.4, 0.5) is 4.79 Å². The fraction of sp³-hybridized carbons (Fsp3) is 0.464. The van der Waals surface area contributed by atoms with Crippen LogP contribution in [-0.2, 0) is 14.3 Å². The van der Waals surface area contributed by atoms with Crippen LogP contribution < -0.4 is 10.6 Å². The molecule has 0 aliphatic heterocycles. The first-order valence-electron chi connectivity index (χ1n) is 12.5. The summed E-state index contributed by atoms with van der Waals surface area (Å²) in [7, 11) is 0. The first-order chi connectivity index (χ1) is 16.8. The second kappa shape index (κ2) is 10.9. The third-order valence-corrected chi connectivity index (χ3v) is 7.25. The van der Waals surface area contributed by atoms with Crippen LogP contribution in [0.5, 0.6) is 0 Å². The minimum absolute atomic E-state index is 0.00920. The molecule has 1 saturated carbocycles. The standard InChI is InChI=1S/C28H34N2O5/c1-17(2)26(27(32)33)30-25(31)15-18-9-3-8-14-24(18)29-28(34)35-16-23-21-12-6-4-10-19(21)20-11-5-7-13-22(20)23/h4-7,10-13,17-18,23-24,26H,3,8-9,14-16H2,1-2H3,(H,29,34)(H,30,31)(H,32,33)/t18-,24-,26-/m1/s1. The Bertz CT molecular complexity index is 1040. The average molecular weight is 479 g/mol. The second-order valence-electron chi connectivity index (χ2n) is 9.95. The van der Waals surface area contributed by atoms with E-state index in [1.807, 2.05) is 24.3 Å². The van der Waals surface area contributed by atoms with Crippen molar-refractivity contribution in [2.24, 2.45) is 11.8 Å². The molecule has 7 nitrogen and oxygen atoms in total. The van der Waals surface area contributed by atoms with Crippen molar-refractivity contribution >= 4 is 18.0 Å². The zero-order chi connectivity index (χ0) is 24.9. The number of carbonyl (C=O) groups is 3. The molecule has 3 N–H and O–H groups in total. The maximum atomic E-state index is 12.8. The van der Waals surface area contributed by atoms with Gasteiger partial charge in [-0.2, -0.15) is 0 Å². The molecule has 35 heavy (non-hydrogen) atoms. The Morgan fingerprint density at radius 1 is 0.971 bits per heavy atom. The maximum absolute atomic E-state index is 12.8. The van der Waals surface area contributed by atoms with Gasteiger partial charge in [0.1, 0.15) is 12.6 Å². The molecule has 7 heteroatoms. The van der Waals surface area contributed by atoms with E-state index in [-0.39, 0.29) is 42.7 Å². The first kappa shape index (κ1) is 24.8. The van der Waals surface area contributed by atoms with E-state index in [1.54, 1.807) is 13.8 Å². The molecule has 2 aromatic rings. The van der Waals surface area contributed by atoms with Gasteiger partial charge in [-0.25, -0.2) is 9.59 Å². The molecule has 0 unspecified atom stereocenters. The van der Waals surface area contributed by atoms with E-state index in [0.717, 1.165) is 36.8 Å². The number of fused-ring (bicyclic) bond motifs is 3. The number of rotatable bonds is 8. The highest BCUT2D eigenvalue weighted by atomic mass is 16.5. The summed E-state index contributed by atoms with van der Waals surface area (Å²) in [5.41, 5.74) is 4.67. The first-order valence-corrected chi connectivity index (χ1v) is 12.5. The van der Waals surface area contributed by atoms with E-state index in [0.29, 0.717) is 0 Å².